The lowest BCUT2D eigenvalue weighted by atomic mass is 10.1. The minimum Gasteiger partial charge on any atom is -0.353 e. The Morgan fingerprint density at radius 3 is 1.36 bits per heavy atom. The van der Waals surface area contributed by atoms with Crippen LogP contribution in [0.5, 0.6) is 0 Å². The second-order valence-corrected chi connectivity index (χ2v) is 16.0. The summed E-state index contributed by atoms with van der Waals surface area (Å²) in [6.45, 7) is 0.820. The molecule has 17 heteroatoms. The van der Waals surface area contributed by atoms with Gasteiger partial charge in [-0.1, -0.05) is 72.8 Å². The van der Waals surface area contributed by atoms with Gasteiger partial charge in [-0.3, -0.25) is 28.8 Å². The molecule has 8 aromatic rings. The standard InChI is InChI=1S/C50H49N11O6/c51-37(21-29-7-3-1-4-8-29)46(63)53-17-19-55-48(65)42-24-31-11-14-35(27-40(31)60-42)57-45(62)33-13-16-39-34(23-33)26-44(59-39)50(67)58-36-15-12-32-25-43(61-41(32)28-36)49(66)56-20-18-54-47(64)38(52)22-30-9-5-2-6-10-30/h1-16,23-28,37-38,59-61H,17-22,51-52H2,(H,53,63)(H,54,64)(H,55,65)(H,56,66)(H,57,62)(H,58,67)/t37-,38-/m0/s1. The molecular weight excluding hydrogens is 851 g/mol. The van der Waals surface area contributed by atoms with Gasteiger partial charge in [0, 0.05) is 75.8 Å². The number of H-pyrrole nitrogens is 3. The van der Waals surface area contributed by atoms with Crippen molar-refractivity contribution in [1.82, 2.24) is 36.2 Å². The molecule has 0 aliphatic heterocycles. The van der Waals surface area contributed by atoms with E-state index < -0.39 is 18.0 Å². The van der Waals surface area contributed by atoms with Gasteiger partial charge in [-0.05, 0) is 84.6 Å². The van der Waals surface area contributed by atoms with Gasteiger partial charge >= 0.3 is 0 Å². The average Bonchev–Trinajstić information content (AvgIpc) is 4.09. The molecular formula is C50H49N11O6. The van der Waals surface area contributed by atoms with E-state index in [0.29, 0.717) is 63.1 Å². The molecule has 0 aliphatic rings. The fourth-order valence-corrected chi connectivity index (χ4v) is 7.55. The number of anilines is 2. The van der Waals surface area contributed by atoms with E-state index in [0.717, 1.165) is 21.9 Å². The highest BCUT2D eigenvalue weighted by atomic mass is 16.2. The second-order valence-electron chi connectivity index (χ2n) is 16.0. The first-order valence-corrected chi connectivity index (χ1v) is 21.7. The monoisotopic (exact) mass is 899 g/mol. The van der Waals surface area contributed by atoms with Crippen LogP contribution in [0.3, 0.4) is 0 Å². The van der Waals surface area contributed by atoms with Crippen molar-refractivity contribution in [3.8, 4) is 0 Å². The Balaban J connectivity index is 0.800. The van der Waals surface area contributed by atoms with Gasteiger partial charge in [0.2, 0.25) is 11.8 Å². The molecule has 0 saturated carbocycles. The molecule has 13 N–H and O–H groups in total. The van der Waals surface area contributed by atoms with Crippen molar-refractivity contribution in [2.75, 3.05) is 36.8 Å². The lowest BCUT2D eigenvalue weighted by Gasteiger charge is -2.12. The Labute approximate surface area is 383 Å². The highest BCUT2D eigenvalue weighted by Gasteiger charge is 2.18. The number of hydrogen-bond donors (Lipinski definition) is 11. The molecule has 8 rings (SSSR count). The molecule has 5 aromatic carbocycles. The van der Waals surface area contributed by atoms with Crippen LogP contribution in [-0.4, -0.2) is 88.7 Å². The van der Waals surface area contributed by atoms with Crippen LogP contribution < -0.4 is 43.4 Å². The summed E-state index contributed by atoms with van der Waals surface area (Å²) >= 11 is 0. The van der Waals surface area contributed by atoms with Gasteiger partial charge in [-0.25, -0.2) is 0 Å². The molecule has 0 saturated heterocycles. The zero-order chi connectivity index (χ0) is 46.9. The van der Waals surface area contributed by atoms with Crippen molar-refractivity contribution in [3.05, 3.63) is 167 Å². The number of nitrogens with one attached hydrogen (secondary N) is 9. The Bertz CT molecular complexity index is 2940. The van der Waals surface area contributed by atoms with E-state index in [4.69, 9.17) is 11.5 Å². The maximum Gasteiger partial charge on any atom is 0.272 e. The molecule has 3 heterocycles. The molecule has 0 bridgehead atoms. The van der Waals surface area contributed by atoms with E-state index in [1.807, 2.05) is 60.7 Å². The molecule has 0 aliphatic carbocycles. The summed E-state index contributed by atoms with van der Waals surface area (Å²) in [6.07, 6.45) is 0.813. The van der Waals surface area contributed by atoms with Gasteiger partial charge in [-0.15, -0.1) is 0 Å². The quantitative estimate of drug-likeness (QED) is 0.0546. The number of carbonyl (C=O) groups is 6. The van der Waals surface area contributed by atoms with Crippen LogP contribution in [0.1, 0.15) is 53.0 Å². The van der Waals surface area contributed by atoms with Crippen LogP contribution in [0.15, 0.2) is 133 Å². The lowest BCUT2D eigenvalue weighted by molar-refractivity contribution is -0.123. The van der Waals surface area contributed by atoms with Crippen LogP contribution in [0.25, 0.3) is 32.7 Å². The van der Waals surface area contributed by atoms with Crippen LogP contribution >= 0.6 is 0 Å². The summed E-state index contributed by atoms with van der Waals surface area (Å²) in [5, 5.41) is 19.0. The number of hydrogen-bond acceptors (Lipinski definition) is 8. The first-order valence-electron chi connectivity index (χ1n) is 21.7. The van der Waals surface area contributed by atoms with Crippen LogP contribution in [0.2, 0.25) is 0 Å². The van der Waals surface area contributed by atoms with Gasteiger partial charge in [0.05, 0.1) is 12.1 Å². The number of aromatic amines is 3. The fraction of sp³-hybridized carbons (Fsp3) is 0.160. The minimum atomic E-state index is -0.705. The molecule has 340 valence electrons. The van der Waals surface area contributed by atoms with E-state index in [1.165, 1.54) is 0 Å². The van der Waals surface area contributed by atoms with Crippen LogP contribution in [0.4, 0.5) is 11.4 Å². The number of carbonyl (C=O) groups excluding carboxylic acids is 6. The summed E-state index contributed by atoms with van der Waals surface area (Å²) in [5.74, 6) is -2.10. The summed E-state index contributed by atoms with van der Waals surface area (Å²) in [7, 11) is 0. The fourth-order valence-electron chi connectivity index (χ4n) is 7.55. The van der Waals surface area contributed by atoms with E-state index >= 15 is 0 Å². The zero-order valence-corrected chi connectivity index (χ0v) is 36.2. The van der Waals surface area contributed by atoms with Gasteiger partial charge < -0.3 is 58.3 Å². The second kappa shape index (κ2) is 20.5. The van der Waals surface area contributed by atoms with E-state index in [9.17, 15) is 28.8 Å². The number of nitrogens with two attached hydrogens (primary N) is 2. The summed E-state index contributed by atoms with van der Waals surface area (Å²) < 4.78 is 0. The van der Waals surface area contributed by atoms with E-state index in [2.05, 4.69) is 46.9 Å². The predicted octanol–water partition coefficient (Wildman–Crippen LogP) is 4.47. The van der Waals surface area contributed by atoms with Crippen molar-refractivity contribution >= 4 is 79.5 Å². The summed E-state index contributed by atoms with van der Waals surface area (Å²) in [4.78, 5) is 86.6. The van der Waals surface area contributed by atoms with Gasteiger partial charge in [0.1, 0.15) is 17.1 Å². The molecule has 0 fully saturated rings. The average molecular weight is 900 g/mol. The molecule has 0 radical (unpaired) electrons. The van der Waals surface area contributed by atoms with Crippen molar-refractivity contribution < 1.29 is 28.8 Å². The Morgan fingerprint density at radius 2 is 0.851 bits per heavy atom. The maximum atomic E-state index is 13.4. The predicted molar refractivity (Wildman–Crippen MR) is 258 cm³/mol. The third kappa shape index (κ3) is 11.4. The molecule has 0 spiro atoms. The number of rotatable bonds is 18. The normalized spacial score (nSPS) is 12.0. The Kier molecular flexibility index (Phi) is 13.8. The SMILES string of the molecule is N[C@@H](Cc1ccccc1)C(=O)NCCNC(=O)c1cc2ccc(NC(=O)c3ccc4[nH]c(C(=O)Nc5ccc6cc(C(=O)NCCNC(=O)[C@@H](N)Cc7ccccc7)[nH]c6c5)cc4c3)cc2[nH]1. The van der Waals surface area contributed by atoms with Crippen molar-refractivity contribution in [3.63, 3.8) is 0 Å². The van der Waals surface area contributed by atoms with E-state index in [1.54, 1.807) is 72.8 Å². The van der Waals surface area contributed by atoms with Crippen LogP contribution in [0, 0.1) is 0 Å². The Hall–Kier alpha value is -8.54. The number of aromatic nitrogens is 3. The first-order chi connectivity index (χ1) is 32.4. The third-order valence-corrected chi connectivity index (χ3v) is 11.1. The highest BCUT2D eigenvalue weighted by Crippen LogP contribution is 2.24. The summed E-state index contributed by atoms with van der Waals surface area (Å²) in [6, 6.07) is 38.2. The van der Waals surface area contributed by atoms with Crippen molar-refractivity contribution in [2.24, 2.45) is 11.5 Å². The molecule has 67 heavy (non-hydrogen) atoms. The Morgan fingerprint density at radius 1 is 0.418 bits per heavy atom. The topological polar surface area (TPSA) is 274 Å². The van der Waals surface area contributed by atoms with E-state index in [-0.39, 0.29) is 61.4 Å². The van der Waals surface area contributed by atoms with Crippen molar-refractivity contribution in [1.29, 1.82) is 0 Å². The van der Waals surface area contributed by atoms with Gasteiger partial charge in [-0.2, -0.15) is 0 Å². The highest BCUT2D eigenvalue weighted by molar-refractivity contribution is 6.10. The maximum absolute atomic E-state index is 13.4. The zero-order valence-electron chi connectivity index (χ0n) is 36.2. The molecule has 6 amide bonds. The van der Waals surface area contributed by atoms with Crippen molar-refractivity contribution in [2.45, 2.75) is 24.9 Å². The number of benzene rings is 5. The molecule has 2 atom stereocenters. The molecule has 17 nitrogen and oxygen atoms in total. The number of fused-ring (bicyclic) bond motifs is 3. The summed E-state index contributed by atoms with van der Waals surface area (Å²) in [5.41, 5.74) is 18.2. The molecule has 0 unspecified atom stereocenters. The lowest BCUT2D eigenvalue weighted by Crippen LogP contribution is -2.44. The minimum absolute atomic E-state index is 0.198. The third-order valence-electron chi connectivity index (χ3n) is 11.1. The number of amides is 6. The smallest absolute Gasteiger partial charge is 0.272 e. The molecule has 3 aromatic heterocycles. The largest absolute Gasteiger partial charge is 0.353 e. The first kappa shape index (κ1) is 45.0. The van der Waals surface area contributed by atoms with Gasteiger partial charge in [0.25, 0.3) is 23.6 Å². The van der Waals surface area contributed by atoms with Gasteiger partial charge in [0.15, 0.2) is 0 Å². The van der Waals surface area contributed by atoms with Crippen LogP contribution in [-0.2, 0) is 22.4 Å².